The van der Waals surface area contributed by atoms with Crippen LogP contribution in [0.5, 0.6) is 0 Å². The highest BCUT2D eigenvalue weighted by Crippen LogP contribution is 1.96. The molecule has 0 aromatic heterocycles. The van der Waals surface area contributed by atoms with Crippen LogP contribution in [0.2, 0.25) is 0 Å². The summed E-state index contributed by atoms with van der Waals surface area (Å²) in [5, 5.41) is 7.70. The van der Waals surface area contributed by atoms with E-state index in [0.29, 0.717) is 26.3 Å². The molecular formula is C10H13N3O4. The normalized spacial score (nSPS) is 13.6. The number of ether oxygens (including phenoxy) is 1. The molecular weight excluding hydrogens is 226 g/mol. The van der Waals surface area contributed by atoms with Gasteiger partial charge in [0.15, 0.2) is 0 Å². The maximum atomic E-state index is 11.1. The minimum atomic E-state index is -1.06. The van der Waals surface area contributed by atoms with E-state index < -0.39 is 12.5 Å². The largest absolute Gasteiger partial charge is 0.476 e. The van der Waals surface area contributed by atoms with Gasteiger partial charge in [0.2, 0.25) is 0 Å². The number of morpholine rings is 1. The lowest BCUT2D eigenvalue weighted by atomic mass is 10.4. The molecule has 0 unspecified atom stereocenters. The van der Waals surface area contributed by atoms with Crippen molar-refractivity contribution >= 4 is 11.9 Å². The average Bonchev–Trinajstić information content (AvgIpc) is 2.31. The lowest BCUT2D eigenvalue weighted by molar-refractivity contribution is -0.135. The molecule has 1 heterocycles. The Morgan fingerprint density at radius 2 is 1.71 bits per heavy atom. The number of carbonyl (C=O) groups excluding carboxylic acids is 1. The quantitative estimate of drug-likeness (QED) is 0.674. The second-order valence-electron chi connectivity index (χ2n) is 3.02. The number of amides is 1. The maximum Gasteiger partial charge on any atom is 0.384 e. The number of hydrogen-bond donors (Lipinski definition) is 1. The van der Waals surface area contributed by atoms with Crippen LogP contribution in [0.25, 0.3) is 9.69 Å². The van der Waals surface area contributed by atoms with E-state index in [9.17, 15) is 9.59 Å². The minimum absolute atomic E-state index is 0.0278. The van der Waals surface area contributed by atoms with Crippen molar-refractivity contribution in [2.45, 2.75) is 0 Å². The van der Waals surface area contributed by atoms with Gasteiger partial charge < -0.3 is 24.4 Å². The van der Waals surface area contributed by atoms with Crippen molar-refractivity contribution in [2.24, 2.45) is 0 Å². The Morgan fingerprint density at radius 3 is 2.06 bits per heavy atom. The highest BCUT2D eigenvalue weighted by Gasteiger charge is 2.17. The van der Waals surface area contributed by atoms with Crippen molar-refractivity contribution in [3.63, 3.8) is 0 Å². The van der Waals surface area contributed by atoms with Gasteiger partial charge in [-0.15, -0.1) is 0 Å². The van der Waals surface area contributed by atoms with E-state index >= 15 is 0 Å². The van der Waals surface area contributed by atoms with Crippen LogP contribution in [0.15, 0.2) is 0 Å². The predicted octanol–water partition coefficient (Wildman–Crippen LogP) is -0.245. The van der Waals surface area contributed by atoms with Gasteiger partial charge in [-0.05, 0) is 0 Å². The van der Waals surface area contributed by atoms with Crippen molar-refractivity contribution in [1.29, 1.82) is 0 Å². The third-order valence-corrected chi connectivity index (χ3v) is 1.79. The van der Waals surface area contributed by atoms with Crippen LogP contribution in [0, 0.1) is 13.1 Å². The van der Waals surface area contributed by atoms with E-state index in [1.165, 1.54) is 0 Å². The molecule has 7 nitrogen and oxygen atoms in total. The van der Waals surface area contributed by atoms with E-state index in [4.69, 9.17) is 23.0 Å². The Balaban J connectivity index is 0.000000366. The Kier molecular flexibility index (Phi) is 7.99. The van der Waals surface area contributed by atoms with Gasteiger partial charge in [0.1, 0.15) is 0 Å². The summed E-state index contributed by atoms with van der Waals surface area (Å²) in [6.07, 6.45) is 0. The highest BCUT2D eigenvalue weighted by atomic mass is 16.5. The van der Waals surface area contributed by atoms with Crippen molar-refractivity contribution in [1.82, 2.24) is 4.90 Å². The predicted molar refractivity (Wildman–Crippen MR) is 58.0 cm³/mol. The second kappa shape index (κ2) is 9.13. The van der Waals surface area contributed by atoms with Crippen LogP contribution in [-0.2, 0) is 14.3 Å². The number of carbonyl (C=O) groups is 2. The summed E-state index contributed by atoms with van der Waals surface area (Å²) >= 11 is 0. The molecule has 1 fully saturated rings. The molecule has 17 heavy (non-hydrogen) atoms. The minimum Gasteiger partial charge on any atom is -0.476 e. The standard InChI is InChI=1S/C7H10N2O2.C3H3NO2/c1-8-6-7(10)9-2-4-11-5-3-9;1-4-2-3(5)6/h2-6H2;2H2,(H,5,6). The van der Waals surface area contributed by atoms with Crippen molar-refractivity contribution in [3.05, 3.63) is 22.8 Å². The van der Waals surface area contributed by atoms with Gasteiger partial charge in [0, 0.05) is 13.1 Å². The molecule has 7 heteroatoms. The van der Waals surface area contributed by atoms with Crippen molar-refractivity contribution < 1.29 is 19.4 Å². The fourth-order valence-corrected chi connectivity index (χ4v) is 1.05. The van der Waals surface area contributed by atoms with Crippen LogP contribution >= 0.6 is 0 Å². The molecule has 1 saturated heterocycles. The third kappa shape index (κ3) is 7.77. The van der Waals surface area contributed by atoms with E-state index in [1.807, 2.05) is 0 Å². The number of carboxylic acid groups (broad SMARTS) is 1. The number of aliphatic carboxylic acids is 1. The molecule has 0 bridgehead atoms. The molecule has 1 N–H and O–H groups in total. The number of hydrogen-bond acceptors (Lipinski definition) is 3. The molecule has 0 saturated carbocycles. The van der Waals surface area contributed by atoms with E-state index in [2.05, 4.69) is 9.69 Å². The first-order valence-electron chi connectivity index (χ1n) is 4.85. The van der Waals surface area contributed by atoms with Crippen LogP contribution in [0.1, 0.15) is 0 Å². The van der Waals surface area contributed by atoms with Gasteiger partial charge in [-0.3, -0.25) is 4.79 Å². The summed E-state index contributed by atoms with van der Waals surface area (Å²) in [4.78, 5) is 27.7. The average molecular weight is 239 g/mol. The van der Waals surface area contributed by atoms with E-state index in [1.54, 1.807) is 4.90 Å². The summed E-state index contributed by atoms with van der Waals surface area (Å²) in [5.41, 5.74) is 0. The van der Waals surface area contributed by atoms with Gasteiger partial charge in [0.25, 0.3) is 6.54 Å². The zero-order valence-corrected chi connectivity index (χ0v) is 9.26. The van der Waals surface area contributed by atoms with Crippen LogP contribution in [0.4, 0.5) is 0 Å². The SMILES string of the molecule is [C-]#[N+]CC(=O)N1CCOCC1.[C-]#[N+]CC(=O)O. The zero-order chi connectivity index (χ0) is 13.1. The zero-order valence-electron chi connectivity index (χ0n) is 9.26. The summed E-state index contributed by atoms with van der Waals surface area (Å²) in [6.45, 7) is 14.5. The molecule has 1 rings (SSSR count). The molecule has 0 atom stereocenters. The Labute approximate surface area is 99.2 Å². The second-order valence-corrected chi connectivity index (χ2v) is 3.02. The fraction of sp³-hybridized carbons (Fsp3) is 0.600. The van der Waals surface area contributed by atoms with Crippen LogP contribution in [0.3, 0.4) is 0 Å². The van der Waals surface area contributed by atoms with Gasteiger partial charge in [-0.25, -0.2) is 17.9 Å². The molecule has 1 aliphatic rings. The van der Waals surface area contributed by atoms with Crippen LogP contribution in [-0.4, -0.2) is 61.3 Å². The van der Waals surface area contributed by atoms with Crippen LogP contribution < -0.4 is 0 Å². The first-order valence-corrected chi connectivity index (χ1v) is 4.85. The number of nitrogens with zero attached hydrogens (tertiary/aromatic N) is 3. The number of carboxylic acids is 1. The Bertz CT molecular complexity index is 336. The van der Waals surface area contributed by atoms with Gasteiger partial charge >= 0.3 is 18.4 Å². The molecule has 1 aliphatic heterocycles. The van der Waals surface area contributed by atoms with Crippen molar-refractivity contribution in [2.75, 3.05) is 39.4 Å². The molecule has 92 valence electrons. The fourth-order valence-electron chi connectivity index (χ4n) is 1.05. The molecule has 0 aliphatic carbocycles. The first kappa shape index (κ1) is 14.9. The van der Waals surface area contributed by atoms with Gasteiger partial charge in [0.05, 0.1) is 13.2 Å². The first-order chi connectivity index (χ1) is 8.11. The highest BCUT2D eigenvalue weighted by molar-refractivity contribution is 5.79. The monoisotopic (exact) mass is 239 g/mol. The summed E-state index contributed by atoms with van der Waals surface area (Å²) in [5.74, 6) is -1.15. The Hall–Kier alpha value is -2.12. The van der Waals surface area contributed by atoms with E-state index in [-0.39, 0.29) is 12.5 Å². The molecule has 1 amide bonds. The van der Waals surface area contributed by atoms with Gasteiger partial charge in [-0.2, -0.15) is 0 Å². The summed E-state index contributed by atoms with van der Waals surface area (Å²) < 4.78 is 5.06. The van der Waals surface area contributed by atoms with Crippen molar-refractivity contribution in [3.8, 4) is 0 Å². The molecule has 0 aromatic rings. The van der Waals surface area contributed by atoms with Gasteiger partial charge in [-0.1, -0.05) is 0 Å². The summed E-state index contributed by atoms with van der Waals surface area (Å²) in [7, 11) is 0. The smallest absolute Gasteiger partial charge is 0.384 e. The van der Waals surface area contributed by atoms with E-state index in [0.717, 1.165) is 0 Å². The maximum absolute atomic E-state index is 11.1. The summed E-state index contributed by atoms with van der Waals surface area (Å²) in [6, 6.07) is 0. The molecule has 0 aromatic carbocycles. The Morgan fingerprint density at radius 1 is 1.18 bits per heavy atom. The lowest BCUT2D eigenvalue weighted by Crippen LogP contribution is -2.41. The molecule has 0 radical (unpaired) electrons. The lowest BCUT2D eigenvalue weighted by Gasteiger charge is -2.24. The molecule has 0 spiro atoms. The topological polar surface area (TPSA) is 75.6 Å². The third-order valence-electron chi connectivity index (χ3n) is 1.79. The number of rotatable bonds is 2.